The molecule has 1 aliphatic rings. The zero-order valence-electron chi connectivity index (χ0n) is 9.95. The van der Waals surface area contributed by atoms with Crippen molar-refractivity contribution in [1.82, 2.24) is 10.2 Å². The lowest BCUT2D eigenvalue weighted by atomic mass is 10.0. The van der Waals surface area contributed by atoms with Crippen molar-refractivity contribution in [3.63, 3.8) is 0 Å². The molecule has 0 aliphatic carbocycles. The van der Waals surface area contributed by atoms with Gasteiger partial charge < -0.3 is 15.0 Å². The van der Waals surface area contributed by atoms with Crippen molar-refractivity contribution in [2.24, 2.45) is 5.92 Å². The van der Waals surface area contributed by atoms with E-state index in [1.165, 1.54) is 0 Å². The number of nitrogens with zero attached hydrogens (tertiary/aromatic N) is 1. The Morgan fingerprint density at radius 2 is 2.00 bits per heavy atom. The van der Waals surface area contributed by atoms with Crippen molar-refractivity contribution >= 4 is 5.91 Å². The lowest BCUT2D eigenvalue weighted by Gasteiger charge is -2.25. The lowest BCUT2D eigenvalue weighted by molar-refractivity contribution is -0.135. The number of rotatable bonds is 5. The quantitative estimate of drug-likeness (QED) is 0.724. The largest absolute Gasteiger partial charge is 0.379 e. The Morgan fingerprint density at radius 3 is 2.53 bits per heavy atom. The van der Waals surface area contributed by atoms with Crippen LogP contribution < -0.4 is 5.32 Å². The van der Waals surface area contributed by atoms with Gasteiger partial charge in [-0.15, -0.1) is 0 Å². The molecule has 88 valence electrons. The molecule has 1 saturated heterocycles. The summed E-state index contributed by atoms with van der Waals surface area (Å²) in [6, 6.07) is 0.197. The highest BCUT2D eigenvalue weighted by molar-refractivity contribution is 5.80. The zero-order valence-corrected chi connectivity index (χ0v) is 9.95. The minimum Gasteiger partial charge on any atom is -0.379 e. The van der Waals surface area contributed by atoms with Crippen LogP contribution in [0.2, 0.25) is 0 Å². The van der Waals surface area contributed by atoms with Crippen LogP contribution in [0, 0.1) is 5.92 Å². The van der Waals surface area contributed by atoms with Gasteiger partial charge in [-0.1, -0.05) is 6.92 Å². The van der Waals surface area contributed by atoms with Gasteiger partial charge in [0.2, 0.25) is 5.91 Å². The third-order valence-corrected chi connectivity index (χ3v) is 2.94. The van der Waals surface area contributed by atoms with Crippen LogP contribution in [0.15, 0.2) is 0 Å². The fourth-order valence-electron chi connectivity index (χ4n) is 2.03. The fraction of sp³-hybridized carbons (Fsp3) is 0.909. The number of amides is 1. The van der Waals surface area contributed by atoms with Crippen LogP contribution in [0.4, 0.5) is 0 Å². The molecule has 4 nitrogen and oxygen atoms in total. The molecule has 1 aliphatic heterocycles. The molecule has 1 fully saturated rings. The second-order valence-electron chi connectivity index (χ2n) is 3.82. The molecule has 2 atom stereocenters. The van der Waals surface area contributed by atoms with Crippen LogP contribution in [-0.4, -0.2) is 49.7 Å². The molecule has 1 N–H and O–H groups in total. The Kier molecular flexibility index (Phi) is 5.05. The summed E-state index contributed by atoms with van der Waals surface area (Å²) in [6.45, 7) is 9.75. The third-order valence-electron chi connectivity index (χ3n) is 2.94. The van der Waals surface area contributed by atoms with E-state index in [0.717, 1.165) is 19.6 Å². The number of carbonyl (C=O) groups excluding carboxylic acids is 1. The molecular formula is C11H22N2O2. The average Bonchev–Trinajstić information content (AvgIpc) is 2.68. The van der Waals surface area contributed by atoms with Crippen molar-refractivity contribution in [2.45, 2.75) is 26.8 Å². The molecule has 1 amide bonds. The molecular weight excluding hydrogens is 192 g/mol. The molecule has 0 spiro atoms. The highest BCUT2D eigenvalue weighted by atomic mass is 16.5. The monoisotopic (exact) mass is 214 g/mol. The van der Waals surface area contributed by atoms with Gasteiger partial charge in [-0.3, -0.25) is 4.79 Å². The second-order valence-corrected chi connectivity index (χ2v) is 3.82. The van der Waals surface area contributed by atoms with Gasteiger partial charge in [0.15, 0.2) is 0 Å². The number of hydrogen-bond acceptors (Lipinski definition) is 3. The molecule has 15 heavy (non-hydrogen) atoms. The molecule has 0 radical (unpaired) electrons. The number of likely N-dealkylation sites (N-methyl/N-ethyl adjacent to an activating group) is 1. The van der Waals surface area contributed by atoms with E-state index < -0.39 is 0 Å². The van der Waals surface area contributed by atoms with Crippen LogP contribution in [0.25, 0.3) is 0 Å². The Morgan fingerprint density at radius 1 is 1.33 bits per heavy atom. The number of nitrogens with one attached hydrogen (secondary N) is 1. The molecule has 0 aromatic heterocycles. The maximum atomic E-state index is 12.1. The van der Waals surface area contributed by atoms with Crippen molar-refractivity contribution in [3.8, 4) is 0 Å². The molecule has 1 heterocycles. The van der Waals surface area contributed by atoms with E-state index >= 15 is 0 Å². The predicted molar refractivity (Wildman–Crippen MR) is 59.7 cm³/mol. The van der Waals surface area contributed by atoms with E-state index in [-0.39, 0.29) is 17.9 Å². The molecule has 0 saturated carbocycles. The van der Waals surface area contributed by atoms with Crippen molar-refractivity contribution in [1.29, 1.82) is 0 Å². The summed E-state index contributed by atoms with van der Waals surface area (Å²) in [5, 5.41) is 3.31. The minimum absolute atomic E-state index is 0.00449. The van der Waals surface area contributed by atoms with Gasteiger partial charge in [0.1, 0.15) is 0 Å². The predicted octanol–water partition coefficient (Wildman–Crippen LogP) is 0.479. The van der Waals surface area contributed by atoms with Crippen molar-refractivity contribution in [3.05, 3.63) is 0 Å². The number of hydrogen-bond donors (Lipinski definition) is 1. The SMILES string of the molecule is CCNC1COCC1C(=O)N(CC)CC. The smallest absolute Gasteiger partial charge is 0.229 e. The van der Waals surface area contributed by atoms with Gasteiger partial charge in [-0.25, -0.2) is 0 Å². The summed E-state index contributed by atoms with van der Waals surface area (Å²) in [7, 11) is 0. The van der Waals surface area contributed by atoms with E-state index in [1.807, 2.05) is 18.7 Å². The van der Waals surface area contributed by atoms with E-state index in [0.29, 0.717) is 13.2 Å². The molecule has 4 heteroatoms. The van der Waals surface area contributed by atoms with Crippen LogP contribution in [0.5, 0.6) is 0 Å². The van der Waals surface area contributed by atoms with E-state index in [1.54, 1.807) is 0 Å². The summed E-state index contributed by atoms with van der Waals surface area (Å²) >= 11 is 0. The summed E-state index contributed by atoms with van der Waals surface area (Å²) in [4.78, 5) is 14.0. The third kappa shape index (κ3) is 2.92. The standard InChI is InChI=1S/C11H22N2O2/c1-4-12-10-8-15-7-9(10)11(14)13(5-2)6-3/h9-10,12H,4-8H2,1-3H3. The first-order valence-corrected chi connectivity index (χ1v) is 5.84. The first-order chi connectivity index (χ1) is 7.24. The van der Waals surface area contributed by atoms with Crippen molar-refractivity contribution in [2.75, 3.05) is 32.8 Å². The number of carbonyl (C=O) groups is 1. The minimum atomic E-state index is 0.00449. The van der Waals surface area contributed by atoms with Gasteiger partial charge in [-0.2, -0.15) is 0 Å². The van der Waals surface area contributed by atoms with Gasteiger partial charge >= 0.3 is 0 Å². The van der Waals surface area contributed by atoms with Crippen LogP contribution in [-0.2, 0) is 9.53 Å². The highest BCUT2D eigenvalue weighted by Crippen LogP contribution is 2.16. The molecule has 0 aromatic carbocycles. The van der Waals surface area contributed by atoms with Crippen LogP contribution in [0.1, 0.15) is 20.8 Å². The first-order valence-electron chi connectivity index (χ1n) is 5.84. The van der Waals surface area contributed by atoms with E-state index in [9.17, 15) is 4.79 Å². The highest BCUT2D eigenvalue weighted by Gasteiger charge is 2.35. The molecule has 0 bridgehead atoms. The van der Waals surface area contributed by atoms with Crippen molar-refractivity contribution < 1.29 is 9.53 Å². The summed E-state index contributed by atoms with van der Waals surface area (Å²) in [6.07, 6.45) is 0. The molecule has 0 aromatic rings. The Balaban J connectivity index is 2.57. The fourth-order valence-corrected chi connectivity index (χ4v) is 2.03. The van der Waals surface area contributed by atoms with Gasteiger partial charge in [0.05, 0.1) is 19.1 Å². The van der Waals surface area contributed by atoms with E-state index in [2.05, 4.69) is 12.2 Å². The Labute approximate surface area is 92.0 Å². The van der Waals surface area contributed by atoms with Gasteiger partial charge in [0, 0.05) is 19.1 Å². The van der Waals surface area contributed by atoms with E-state index in [4.69, 9.17) is 4.74 Å². The molecule has 1 rings (SSSR count). The Hall–Kier alpha value is -0.610. The summed E-state index contributed by atoms with van der Waals surface area (Å²) < 4.78 is 5.37. The van der Waals surface area contributed by atoms with Crippen LogP contribution in [0.3, 0.4) is 0 Å². The second kappa shape index (κ2) is 6.08. The zero-order chi connectivity index (χ0) is 11.3. The molecule has 2 unspecified atom stereocenters. The maximum absolute atomic E-state index is 12.1. The Bertz CT molecular complexity index is 205. The number of ether oxygens (including phenoxy) is 1. The topological polar surface area (TPSA) is 41.6 Å². The average molecular weight is 214 g/mol. The first kappa shape index (κ1) is 12.5. The lowest BCUT2D eigenvalue weighted by Crippen LogP contribution is -2.45. The normalized spacial score (nSPS) is 25.5. The maximum Gasteiger partial charge on any atom is 0.229 e. The van der Waals surface area contributed by atoms with Gasteiger partial charge in [-0.05, 0) is 20.4 Å². The summed E-state index contributed by atoms with van der Waals surface area (Å²) in [5.74, 6) is 0.230. The summed E-state index contributed by atoms with van der Waals surface area (Å²) in [5.41, 5.74) is 0. The van der Waals surface area contributed by atoms with Gasteiger partial charge in [0.25, 0.3) is 0 Å². The van der Waals surface area contributed by atoms with Crippen LogP contribution >= 0.6 is 0 Å².